The van der Waals surface area contributed by atoms with Crippen LogP contribution >= 0.6 is 28.3 Å². The summed E-state index contributed by atoms with van der Waals surface area (Å²) in [5.41, 5.74) is 0.534. The number of anilines is 1. The SMILES string of the molecule is Cl.Cn1cc(NC(=O)CCC2CCNCC2)cc(Br)c1=O. The van der Waals surface area contributed by atoms with Gasteiger partial charge in [0.15, 0.2) is 0 Å². The monoisotopic (exact) mass is 377 g/mol. The van der Waals surface area contributed by atoms with Crippen LogP contribution in [0.5, 0.6) is 0 Å². The summed E-state index contributed by atoms with van der Waals surface area (Å²) in [6.45, 7) is 2.11. The first-order valence-corrected chi connectivity index (χ1v) is 7.72. The van der Waals surface area contributed by atoms with Gasteiger partial charge in [-0.25, -0.2) is 0 Å². The number of hydrogen-bond acceptors (Lipinski definition) is 3. The lowest BCUT2D eigenvalue weighted by molar-refractivity contribution is -0.116. The van der Waals surface area contributed by atoms with Crippen molar-refractivity contribution in [2.24, 2.45) is 13.0 Å². The van der Waals surface area contributed by atoms with Gasteiger partial charge in [-0.1, -0.05) is 0 Å². The molecule has 2 heterocycles. The van der Waals surface area contributed by atoms with E-state index in [0.717, 1.165) is 32.4 Å². The van der Waals surface area contributed by atoms with Crippen LogP contribution < -0.4 is 16.2 Å². The van der Waals surface area contributed by atoms with Crippen molar-refractivity contribution in [3.63, 3.8) is 0 Å². The van der Waals surface area contributed by atoms with E-state index in [-0.39, 0.29) is 23.9 Å². The first kappa shape index (κ1) is 18.2. The molecule has 1 aliphatic heterocycles. The predicted molar refractivity (Wildman–Crippen MR) is 90.1 cm³/mol. The van der Waals surface area contributed by atoms with Crippen LogP contribution in [0, 0.1) is 5.92 Å². The molecule has 1 aromatic heterocycles. The van der Waals surface area contributed by atoms with E-state index >= 15 is 0 Å². The zero-order valence-corrected chi connectivity index (χ0v) is 14.4. The van der Waals surface area contributed by atoms with Gasteiger partial charge in [-0.2, -0.15) is 0 Å². The number of aromatic nitrogens is 1. The first-order chi connectivity index (χ1) is 9.56. The molecule has 2 rings (SSSR count). The molecule has 1 amide bonds. The number of carbonyl (C=O) groups is 1. The third kappa shape index (κ3) is 5.45. The molecule has 0 aromatic carbocycles. The molecule has 0 atom stereocenters. The molecule has 0 unspecified atom stereocenters. The number of nitrogens with one attached hydrogen (secondary N) is 2. The van der Waals surface area contributed by atoms with Gasteiger partial charge in [-0.05, 0) is 60.3 Å². The number of pyridine rings is 1. The lowest BCUT2D eigenvalue weighted by Gasteiger charge is -2.22. The Kier molecular flexibility index (Phi) is 7.42. The van der Waals surface area contributed by atoms with Crippen LogP contribution in [0.2, 0.25) is 0 Å². The van der Waals surface area contributed by atoms with E-state index in [9.17, 15) is 9.59 Å². The molecule has 0 aliphatic carbocycles. The topological polar surface area (TPSA) is 63.1 Å². The number of piperidine rings is 1. The fourth-order valence-corrected chi connectivity index (χ4v) is 3.00. The molecule has 0 bridgehead atoms. The van der Waals surface area contributed by atoms with Gasteiger partial charge in [0.25, 0.3) is 5.56 Å². The lowest BCUT2D eigenvalue weighted by atomic mass is 9.93. The minimum absolute atomic E-state index is 0. The molecule has 0 radical (unpaired) electrons. The van der Waals surface area contributed by atoms with E-state index in [1.165, 1.54) is 4.57 Å². The number of halogens is 2. The highest BCUT2D eigenvalue weighted by atomic mass is 79.9. The summed E-state index contributed by atoms with van der Waals surface area (Å²) in [4.78, 5) is 23.5. The van der Waals surface area contributed by atoms with Crippen LogP contribution in [0.25, 0.3) is 0 Å². The maximum Gasteiger partial charge on any atom is 0.264 e. The van der Waals surface area contributed by atoms with Gasteiger partial charge in [0, 0.05) is 19.7 Å². The second-order valence-electron chi connectivity index (χ2n) is 5.27. The van der Waals surface area contributed by atoms with Gasteiger partial charge < -0.3 is 15.2 Å². The Morgan fingerprint density at radius 1 is 1.48 bits per heavy atom. The van der Waals surface area contributed by atoms with Crippen LogP contribution in [-0.2, 0) is 11.8 Å². The van der Waals surface area contributed by atoms with Crippen LogP contribution in [-0.4, -0.2) is 23.6 Å². The van der Waals surface area contributed by atoms with Gasteiger partial charge in [-0.15, -0.1) is 12.4 Å². The van der Waals surface area contributed by atoms with Crippen LogP contribution in [0.3, 0.4) is 0 Å². The minimum Gasteiger partial charge on any atom is -0.325 e. The Balaban J connectivity index is 0.00000220. The molecule has 1 aliphatic rings. The Morgan fingerprint density at radius 3 is 2.76 bits per heavy atom. The number of carbonyl (C=O) groups excluding carboxylic acids is 1. The molecule has 1 fully saturated rings. The number of nitrogens with zero attached hydrogens (tertiary/aromatic N) is 1. The van der Waals surface area contributed by atoms with Crippen LogP contribution in [0.4, 0.5) is 5.69 Å². The first-order valence-electron chi connectivity index (χ1n) is 6.93. The summed E-state index contributed by atoms with van der Waals surface area (Å²) in [7, 11) is 1.66. The van der Waals surface area contributed by atoms with Crippen molar-refractivity contribution in [2.45, 2.75) is 25.7 Å². The van der Waals surface area contributed by atoms with Crippen molar-refractivity contribution < 1.29 is 4.79 Å². The average Bonchev–Trinajstić information content (AvgIpc) is 2.43. The third-order valence-corrected chi connectivity index (χ3v) is 4.23. The molecule has 1 saturated heterocycles. The van der Waals surface area contributed by atoms with E-state index in [4.69, 9.17) is 0 Å². The molecule has 0 saturated carbocycles. The lowest BCUT2D eigenvalue weighted by Crippen LogP contribution is -2.28. The quantitative estimate of drug-likeness (QED) is 0.845. The van der Waals surface area contributed by atoms with E-state index < -0.39 is 0 Å². The molecule has 5 nitrogen and oxygen atoms in total. The second-order valence-corrected chi connectivity index (χ2v) is 6.13. The summed E-state index contributed by atoms with van der Waals surface area (Å²) in [6.07, 6.45) is 5.40. The van der Waals surface area contributed by atoms with Crippen molar-refractivity contribution in [3.05, 3.63) is 27.1 Å². The van der Waals surface area contributed by atoms with E-state index in [0.29, 0.717) is 22.5 Å². The fraction of sp³-hybridized carbons (Fsp3) is 0.571. The molecule has 21 heavy (non-hydrogen) atoms. The summed E-state index contributed by atoms with van der Waals surface area (Å²) in [5.74, 6) is 0.656. The fourth-order valence-electron chi connectivity index (χ4n) is 2.47. The van der Waals surface area contributed by atoms with Gasteiger partial charge >= 0.3 is 0 Å². The van der Waals surface area contributed by atoms with Crippen LogP contribution in [0.15, 0.2) is 21.5 Å². The normalized spacial score (nSPS) is 15.3. The highest BCUT2D eigenvalue weighted by Gasteiger charge is 2.14. The number of hydrogen-bond donors (Lipinski definition) is 2. The molecular weight excluding hydrogens is 358 g/mol. The smallest absolute Gasteiger partial charge is 0.264 e. The summed E-state index contributed by atoms with van der Waals surface area (Å²) in [5, 5.41) is 6.17. The summed E-state index contributed by atoms with van der Waals surface area (Å²) in [6, 6.07) is 1.64. The Bertz CT molecular complexity index is 515. The molecule has 2 N–H and O–H groups in total. The van der Waals surface area contributed by atoms with E-state index in [1.807, 2.05) is 0 Å². The Morgan fingerprint density at radius 2 is 2.14 bits per heavy atom. The molecule has 7 heteroatoms. The number of amides is 1. The van der Waals surface area contributed by atoms with Crippen molar-refractivity contribution in [1.82, 2.24) is 9.88 Å². The standard InChI is InChI=1S/C14H20BrN3O2.ClH/c1-18-9-11(8-12(15)14(18)20)17-13(19)3-2-10-4-6-16-7-5-10;/h8-10,16H,2-7H2,1H3,(H,17,19);1H. The van der Waals surface area contributed by atoms with Crippen molar-refractivity contribution in [1.29, 1.82) is 0 Å². The Labute approximate surface area is 139 Å². The van der Waals surface area contributed by atoms with Gasteiger partial charge in [0.1, 0.15) is 0 Å². The van der Waals surface area contributed by atoms with E-state index in [1.54, 1.807) is 19.3 Å². The third-order valence-electron chi connectivity index (χ3n) is 3.66. The summed E-state index contributed by atoms with van der Waals surface area (Å²) < 4.78 is 1.91. The zero-order chi connectivity index (χ0) is 14.5. The zero-order valence-electron chi connectivity index (χ0n) is 12.0. The average molecular weight is 379 g/mol. The van der Waals surface area contributed by atoms with Crippen LogP contribution in [0.1, 0.15) is 25.7 Å². The highest BCUT2D eigenvalue weighted by molar-refractivity contribution is 9.10. The largest absolute Gasteiger partial charge is 0.325 e. The molecule has 118 valence electrons. The van der Waals surface area contributed by atoms with Crippen molar-refractivity contribution in [3.8, 4) is 0 Å². The van der Waals surface area contributed by atoms with E-state index in [2.05, 4.69) is 26.6 Å². The maximum absolute atomic E-state index is 11.9. The molecule has 1 aromatic rings. The number of aryl methyl sites for hydroxylation is 1. The van der Waals surface area contributed by atoms with Crippen molar-refractivity contribution in [2.75, 3.05) is 18.4 Å². The van der Waals surface area contributed by atoms with Gasteiger partial charge in [0.05, 0.1) is 10.2 Å². The molecule has 0 spiro atoms. The molecular formula is C14H21BrClN3O2. The predicted octanol–water partition coefficient (Wildman–Crippen LogP) is 2.29. The second kappa shape index (κ2) is 8.56. The summed E-state index contributed by atoms with van der Waals surface area (Å²) >= 11 is 3.20. The minimum atomic E-state index is -0.113. The Hall–Kier alpha value is -0.850. The maximum atomic E-state index is 11.9. The van der Waals surface area contributed by atoms with Crippen molar-refractivity contribution >= 4 is 39.9 Å². The number of rotatable bonds is 4. The highest BCUT2D eigenvalue weighted by Crippen LogP contribution is 2.18. The van der Waals surface area contributed by atoms with Gasteiger partial charge in [-0.3, -0.25) is 9.59 Å². The van der Waals surface area contributed by atoms with Gasteiger partial charge in [0.2, 0.25) is 5.91 Å².